The van der Waals surface area contributed by atoms with E-state index < -0.39 is 18.6 Å². The molecule has 0 saturated carbocycles. The van der Waals surface area contributed by atoms with Crippen molar-refractivity contribution < 1.29 is 28.2 Å². The fraction of sp³-hybridized carbons (Fsp3) is 0.643. The Morgan fingerprint density at radius 1 is 1.43 bits per heavy atom. The van der Waals surface area contributed by atoms with E-state index in [9.17, 15) is 18.4 Å². The second-order valence-corrected chi connectivity index (χ2v) is 5.46. The van der Waals surface area contributed by atoms with Gasteiger partial charge >= 0.3 is 12.5 Å². The largest absolute Gasteiger partial charge is 0.481 e. The minimum Gasteiger partial charge on any atom is -0.481 e. The number of carbonyl (C=O) groups is 2. The highest BCUT2D eigenvalue weighted by Gasteiger charge is 2.30. The van der Waals surface area contributed by atoms with Crippen LogP contribution < -0.4 is 0 Å². The van der Waals surface area contributed by atoms with Crippen LogP contribution in [0.3, 0.4) is 0 Å². The molecule has 2 rings (SSSR count). The monoisotopic (exact) mass is 331 g/mol. The van der Waals surface area contributed by atoms with Crippen molar-refractivity contribution >= 4 is 11.9 Å². The molecule has 1 aliphatic heterocycles. The van der Waals surface area contributed by atoms with E-state index in [1.807, 2.05) is 0 Å². The Hall–Kier alpha value is -2.03. The van der Waals surface area contributed by atoms with Crippen LogP contribution in [0.25, 0.3) is 0 Å². The van der Waals surface area contributed by atoms with Gasteiger partial charge in [-0.1, -0.05) is 0 Å². The summed E-state index contributed by atoms with van der Waals surface area (Å²) in [5.74, 6) is -1.32. The molecule has 0 bridgehead atoms. The summed E-state index contributed by atoms with van der Waals surface area (Å²) in [6, 6.07) is -0.542. The van der Waals surface area contributed by atoms with Gasteiger partial charge in [-0.15, -0.1) is 0 Å². The van der Waals surface area contributed by atoms with Crippen molar-refractivity contribution in [3.63, 3.8) is 0 Å². The lowest BCUT2D eigenvalue weighted by atomic mass is 10.1. The first-order chi connectivity index (χ1) is 10.8. The summed E-state index contributed by atoms with van der Waals surface area (Å²) in [4.78, 5) is 24.8. The van der Waals surface area contributed by atoms with Gasteiger partial charge in [0, 0.05) is 17.8 Å². The Balaban J connectivity index is 2.16. The van der Waals surface area contributed by atoms with Crippen LogP contribution in [0.1, 0.15) is 29.9 Å². The highest BCUT2D eigenvalue weighted by molar-refractivity contribution is 5.80. The molecule has 0 aromatic carbocycles. The third-order valence-electron chi connectivity index (χ3n) is 3.95. The van der Waals surface area contributed by atoms with Crippen molar-refractivity contribution in [3.05, 3.63) is 17.0 Å². The van der Waals surface area contributed by atoms with Gasteiger partial charge in [0.15, 0.2) is 0 Å². The van der Waals surface area contributed by atoms with Crippen molar-refractivity contribution in [2.24, 2.45) is 0 Å². The van der Waals surface area contributed by atoms with Gasteiger partial charge in [-0.2, -0.15) is 13.9 Å². The summed E-state index contributed by atoms with van der Waals surface area (Å²) in [6.45, 7) is 1.08. The first-order valence-electron chi connectivity index (χ1n) is 7.23. The Morgan fingerprint density at radius 2 is 2.13 bits per heavy atom. The van der Waals surface area contributed by atoms with Crippen molar-refractivity contribution in [2.75, 3.05) is 19.8 Å². The number of nitrogens with zero attached hydrogens (tertiary/aromatic N) is 3. The lowest BCUT2D eigenvalue weighted by Gasteiger charge is -2.35. The predicted octanol–water partition coefficient (Wildman–Crippen LogP) is 1.14. The number of hydrogen-bond donors (Lipinski definition) is 1. The average molecular weight is 331 g/mol. The SMILES string of the molecule is Cc1nn(C(F)F)c(C)c1CC(=O)N1CCOCC1CC(=O)O. The maximum absolute atomic E-state index is 12.8. The second-order valence-electron chi connectivity index (χ2n) is 5.46. The molecule has 1 saturated heterocycles. The van der Waals surface area contributed by atoms with Gasteiger partial charge in [0.1, 0.15) is 0 Å². The molecule has 1 unspecified atom stereocenters. The molecule has 2 heterocycles. The van der Waals surface area contributed by atoms with Gasteiger partial charge in [0.25, 0.3) is 0 Å². The summed E-state index contributed by atoms with van der Waals surface area (Å²) < 4.78 is 31.5. The van der Waals surface area contributed by atoms with Crippen LogP contribution in [-0.2, 0) is 20.7 Å². The van der Waals surface area contributed by atoms with Gasteiger partial charge < -0.3 is 14.7 Å². The van der Waals surface area contributed by atoms with Crippen molar-refractivity contribution in [1.82, 2.24) is 14.7 Å². The summed E-state index contributed by atoms with van der Waals surface area (Å²) in [5, 5.41) is 12.7. The van der Waals surface area contributed by atoms with Gasteiger partial charge in [0.2, 0.25) is 5.91 Å². The number of carboxylic acids is 1. The normalized spacial score (nSPS) is 18.5. The molecule has 7 nitrogen and oxygen atoms in total. The van der Waals surface area contributed by atoms with E-state index in [0.717, 1.165) is 0 Å². The zero-order chi connectivity index (χ0) is 17.1. The van der Waals surface area contributed by atoms with Crippen molar-refractivity contribution in [2.45, 2.75) is 39.3 Å². The van der Waals surface area contributed by atoms with Crippen LogP contribution in [0.2, 0.25) is 0 Å². The quantitative estimate of drug-likeness (QED) is 0.874. The molecule has 1 aliphatic rings. The van der Waals surface area contributed by atoms with Gasteiger partial charge in [-0.25, -0.2) is 4.68 Å². The number of alkyl halides is 2. The van der Waals surface area contributed by atoms with E-state index in [-0.39, 0.29) is 37.6 Å². The average Bonchev–Trinajstić information content (AvgIpc) is 2.75. The van der Waals surface area contributed by atoms with E-state index in [4.69, 9.17) is 9.84 Å². The minimum atomic E-state index is -2.76. The van der Waals surface area contributed by atoms with Crippen LogP contribution in [0, 0.1) is 13.8 Å². The molecule has 9 heteroatoms. The van der Waals surface area contributed by atoms with Gasteiger partial charge in [0.05, 0.1) is 37.8 Å². The Labute approximate surface area is 131 Å². The van der Waals surface area contributed by atoms with Crippen LogP contribution >= 0.6 is 0 Å². The fourth-order valence-corrected chi connectivity index (χ4v) is 2.75. The predicted molar refractivity (Wildman–Crippen MR) is 75.2 cm³/mol. The van der Waals surface area contributed by atoms with Crippen LogP contribution in [-0.4, -0.2) is 57.5 Å². The van der Waals surface area contributed by atoms with Gasteiger partial charge in [-0.3, -0.25) is 9.59 Å². The third-order valence-corrected chi connectivity index (χ3v) is 3.95. The Kier molecular flexibility index (Phi) is 5.30. The number of carboxylic acid groups (broad SMARTS) is 1. The molecule has 1 amide bonds. The number of amides is 1. The van der Waals surface area contributed by atoms with E-state index in [2.05, 4.69) is 5.10 Å². The van der Waals surface area contributed by atoms with Gasteiger partial charge in [-0.05, 0) is 13.8 Å². The number of hydrogen-bond acceptors (Lipinski definition) is 4. The molecule has 1 fully saturated rings. The number of halogens is 2. The number of aliphatic carboxylic acids is 1. The summed E-state index contributed by atoms with van der Waals surface area (Å²) in [6.07, 6.45) is -0.291. The number of aromatic nitrogens is 2. The minimum absolute atomic E-state index is 0.0828. The molecule has 128 valence electrons. The Bertz CT molecular complexity index is 603. The first-order valence-corrected chi connectivity index (χ1v) is 7.23. The fourth-order valence-electron chi connectivity index (χ4n) is 2.75. The highest BCUT2D eigenvalue weighted by Crippen LogP contribution is 2.21. The molecule has 1 aromatic heterocycles. The molecule has 0 spiro atoms. The molecular weight excluding hydrogens is 312 g/mol. The maximum Gasteiger partial charge on any atom is 0.333 e. The summed E-state index contributed by atoms with van der Waals surface area (Å²) in [5.41, 5.74) is 1.07. The van der Waals surface area contributed by atoms with E-state index in [0.29, 0.717) is 22.5 Å². The van der Waals surface area contributed by atoms with Crippen LogP contribution in [0.5, 0.6) is 0 Å². The molecule has 23 heavy (non-hydrogen) atoms. The first kappa shape index (κ1) is 17.3. The standard InChI is InChI=1S/C14H19F2N3O4/c1-8-11(9(2)19(17-8)14(15)16)6-12(20)18-3-4-23-7-10(18)5-13(21)22/h10,14H,3-7H2,1-2H3,(H,21,22). The van der Waals surface area contributed by atoms with E-state index in [1.54, 1.807) is 6.92 Å². The molecule has 1 atom stereocenters. The number of ether oxygens (including phenoxy) is 1. The van der Waals surface area contributed by atoms with Crippen LogP contribution in [0.15, 0.2) is 0 Å². The molecule has 1 N–H and O–H groups in total. The van der Waals surface area contributed by atoms with Crippen molar-refractivity contribution in [3.8, 4) is 0 Å². The summed E-state index contributed by atoms with van der Waals surface area (Å²) >= 11 is 0. The zero-order valence-electron chi connectivity index (χ0n) is 13.0. The number of rotatable bonds is 5. The number of aryl methyl sites for hydroxylation is 1. The number of carbonyl (C=O) groups excluding carboxylic acids is 1. The summed E-state index contributed by atoms with van der Waals surface area (Å²) in [7, 11) is 0. The van der Waals surface area contributed by atoms with Crippen molar-refractivity contribution in [1.29, 1.82) is 0 Å². The molecule has 0 radical (unpaired) electrons. The lowest BCUT2D eigenvalue weighted by molar-refractivity contribution is -0.145. The zero-order valence-corrected chi connectivity index (χ0v) is 13.0. The van der Waals surface area contributed by atoms with Crippen LogP contribution in [0.4, 0.5) is 8.78 Å². The second kappa shape index (κ2) is 7.03. The molecule has 1 aromatic rings. The Morgan fingerprint density at radius 3 is 2.70 bits per heavy atom. The van der Waals surface area contributed by atoms with E-state index >= 15 is 0 Å². The smallest absolute Gasteiger partial charge is 0.333 e. The molecular formula is C14H19F2N3O4. The topological polar surface area (TPSA) is 84.7 Å². The highest BCUT2D eigenvalue weighted by atomic mass is 19.3. The molecule has 0 aliphatic carbocycles. The maximum atomic E-state index is 12.8. The van der Waals surface area contributed by atoms with E-state index in [1.165, 1.54) is 11.8 Å². The lowest BCUT2D eigenvalue weighted by Crippen LogP contribution is -2.50. The third kappa shape index (κ3) is 3.84. The number of morpholine rings is 1.